The van der Waals surface area contributed by atoms with Crippen LogP contribution in [0.5, 0.6) is 0 Å². The van der Waals surface area contributed by atoms with Crippen LogP contribution in [0.3, 0.4) is 0 Å². The molecular weight excluding hydrogens is 281 g/mol. The van der Waals surface area contributed by atoms with E-state index in [-0.39, 0.29) is 11.7 Å². The van der Waals surface area contributed by atoms with Gasteiger partial charge in [0.05, 0.1) is 0 Å². The minimum atomic E-state index is -0.325. The summed E-state index contributed by atoms with van der Waals surface area (Å²) in [4.78, 5) is 16.3. The zero-order valence-corrected chi connectivity index (χ0v) is 12.2. The Morgan fingerprint density at radius 1 is 1.09 bits per heavy atom. The van der Waals surface area contributed by atoms with E-state index in [2.05, 4.69) is 10.1 Å². The summed E-state index contributed by atoms with van der Waals surface area (Å²) in [5.41, 5.74) is 2.51. The van der Waals surface area contributed by atoms with Crippen molar-refractivity contribution in [3.05, 3.63) is 59.9 Å². The van der Waals surface area contributed by atoms with Crippen molar-refractivity contribution in [1.29, 1.82) is 0 Å². The molecule has 0 aliphatic heterocycles. The average molecular weight is 295 g/mol. The van der Waals surface area contributed by atoms with Crippen LogP contribution in [0.1, 0.15) is 17.3 Å². The number of nitrogens with zero attached hydrogens (tertiary/aromatic N) is 3. The van der Waals surface area contributed by atoms with Gasteiger partial charge in [0.1, 0.15) is 5.82 Å². The van der Waals surface area contributed by atoms with E-state index >= 15 is 0 Å². The number of carbonyl (C=O) groups is 1. The van der Waals surface area contributed by atoms with Gasteiger partial charge >= 0.3 is 0 Å². The summed E-state index contributed by atoms with van der Waals surface area (Å²) < 4.78 is 14.3. The van der Waals surface area contributed by atoms with Crippen molar-refractivity contribution in [2.45, 2.75) is 13.8 Å². The topological polar surface area (TPSA) is 47.8 Å². The first kappa shape index (κ1) is 14.1. The number of rotatable bonds is 2. The van der Waals surface area contributed by atoms with Crippen molar-refractivity contribution >= 4 is 5.91 Å². The van der Waals surface area contributed by atoms with Gasteiger partial charge < -0.3 is 0 Å². The molecule has 0 spiro atoms. The molecule has 1 heterocycles. The van der Waals surface area contributed by atoms with Crippen LogP contribution in [0.25, 0.3) is 22.8 Å². The molecule has 0 saturated heterocycles. The first-order chi connectivity index (χ1) is 10.6. The van der Waals surface area contributed by atoms with Crippen LogP contribution < -0.4 is 0 Å². The van der Waals surface area contributed by atoms with Crippen LogP contribution in [0.2, 0.25) is 0 Å². The predicted molar refractivity (Wildman–Crippen MR) is 81.9 cm³/mol. The Morgan fingerprint density at radius 2 is 1.77 bits per heavy atom. The molecule has 0 atom stereocenters. The van der Waals surface area contributed by atoms with Gasteiger partial charge in [0.15, 0.2) is 11.6 Å². The van der Waals surface area contributed by atoms with Gasteiger partial charge in [-0.3, -0.25) is 4.79 Å². The third-order valence-electron chi connectivity index (χ3n) is 3.39. The van der Waals surface area contributed by atoms with Gasteiger partial charge in [-0.15, -0.1) is 5.10 Å². The van der Waals surface area contributed by atoms with Crippen molar-refractivity contribution in [2.24, 2.45) is 0 Å². The number of carbonyl (C=O) groups excluding carboxylic acids is 1. The molecule has 0 N–H and O–H groups in total. The van der Waals surface area contributed by atoms with Gasteiger partial charge in [-0.05, 0) is 36.8 Å². The lowest BCUT2D eigenvalue weighted by molar-refractivity contribution is 0.0923. The van der Waals surface area contributed by atoms with Gasteiger partial charge in [-0.2, -0.15) is 4.68 Å². The molecule has 22 heavy (non-hydrogen) atoms. The maximum absolute atomic E-state index is 13.0. The first-order valence-electron chi connectivity index (χ1n) is 6.86. The van der Waals surface area contributed by atoms with Crippen LogP contribution in [0, 0.1) is 12.7 Å². The Hall–Kier alpha value is -2.82. The van der Waals surface area contributed by atoms with Crippen LogP contribution in [0.15, 0.2) is 48.5 Å². The minimum Gasteiger partial charge on any atom is -0.273 e. The smallest absolute Gasteiger partial charge is 0.245 e. The quantitative estimate of drug-likeness (QED) is 0.724. The van der Waals surface area contributed by atoms with Crippen molar-refractivity contribution in [1.82, 2.24) is 14.8 Å². The summed E-state index contributed by atoms with van der Waals surface area (Å²) in [6.07, 6.45) is 0. The maximum Gasteiger partial charge on any atom is 0.245 e. The lowest BCUT2D eigenvalue weighted by Gasteiger charge is -2.04. The van der Waals surface area contributed by atoms with Gasteiger partial charge in [0.2, 0.25) is 5.91 Å². The SMILES string of the molecule is CC(=O)n1nc(-c2ccc(F)cc2)nc1-c1ccccc1C. The molecule has 0 aliphatic carbocycles. The molecule has 0 amide bonds. The Bertz CT molecular complexity index is 837. The molecule has 2 aromatic carbocycles. The summed E-state index contributed by atoms with van der Waals surface area (Å²) in [7, 11) is 0. The largest absolute Gasteiger partial charge is 0.273 e. The van der Waals surface area contributed by atoms with Crippen molar-refractivity contribution in [3.63, 3.8) is 0 Å². The number of aromatic nitrogens is 3. The third-order valence-corrected chi connectivity index (χ3v) is 3.39. The molecule has 5 heteroatoms. The van der Waals surface area contributed by atoms with Crippen molar-refractivity contribution < 1.29 is 9.18 Å². The predicted octanol–water partition coefficient (Wildman–Crippen LogP) is 3.72. The lowest BCUT2D eigenvalue weighted by Crippen LogP contribution is -2.10. The number of benzene rings is 2. The molecule has 0 unspecified atom stereocenters. The van der Waals surface area contributed by atoms with Crippen molar-refractivity contribution in [3.8, 4) is 22.8 Å². The molecule has 110 valence electrons. The van der Waals surface area contributed by atoms with E-state index < -0.39 is 0 Å². The van der Waals surface area contributed by atoms with Gasteiger partial charge in [0, 0.05) is 18.1 Å². The lowest BCUT2D eigenvalue weighted by atomic mass is 10.1. The van der Waals surface area contributed by atoms with E-state index in [1.807, 2.05) is 31.2 Å². The van der Waals surface area contributed by atoms with Crippen LogP contribution in [0.4, 0.5) is 4.39 Å². The fraction of sp³-hybridized carbons (Fsp3) is 0.118. The van der Waals surface area contributed by atoms with Crippen LogP contribution in [-0.4, -0.2) is 20.7 Å². The Kier molecular flexibility index (Phi) is 3.55. The molecule has 0 aliphatic rings. The monoisotopic (exact) mass is 295 g/mol. The summed E-state index contributed by atoms with van der Waals surface area (Å²) in [6, 6.07) is 13.5. The highest BCUT2D eigenvalue weighted by molar-refractivity contribution is 5.81. The van der Waals surface area contributed by atoms with Gasteiger partial charge in [-0.1, -0.05) is 24.3 Å². The highest BCUT2D eigenvalue weighted by Gasteiger charge is 2.17. The van der Waals surface area contributed by atoms with E-state index in [1.54, 1.807) is 12.1 Å². The third kappa shape index (κ3) is 2.53. The standard InChI is InChI=1S/C17H14FN3O/c1-11-5-3-4-6-15(11)17-19-16(20-21(17)12(2)22)13-7-9-14(18)10-8-13/h3-10H,1-2H3. The van der Waals surface area contributed by atoms with E-state index in [4.69, 9.17) is 0 Å². The number of aryl methyl sites for hydroxylation is 1. The Labute approximate surface area is 127 Å². The number of hydrogen-bond donors (Lipinski definition) is 0. The number of hydrogen-bond acceptors (Lipinski definition) is 3. The maximum atomic E-state index is 13.0. The zero-order valence-electron chi connectivity index (χ0n) is 12.2. The number of halogens is 1. The molecule has 4 nitrogen and oxygen atoms in total. The summed E-state index contributed by atoms with van der Waals surface area (Å²) in [5, 5.41) is 4.26. The van der Waals surface area contributed by atoms with E-state index in [9.17, 15) is 9.18 Å². The Balaban J connectivity index is 2.17. The van der Waals surface area contributed by atoms with E-state index in [0.29, 0.717) is 17.2 Å². The summed E-state index contributed by atoms with van der Waals surface area (Å²) in [5.74, 6) is 0.339. The van der Waals surface area contributed by atoms with Crippen LogP contribution in [-0.2, 0) is 0 Å². The van der Waals surface area contributed by atoms with E-state index in [0.717, 1.165) is 11.1 Å². The van der Waals surface area contributed by atoms with Crippen molar-refractivity contribution in [2.75, 3.05) is 0 Å². The second kappa shape index (κ2) is 5.52. The fourth-order valence-electron chi connectivity index (χ4n) is 2.25. The minimum absolute atomic E-state index is 0.223. The summed E-state index contributed by atoms with van der Waals surface area (Å²) >= 11 is 0. The molecule has 3 rings (SSSR count). The summed E-state index contributed by atoms with van der Waals surface area (Å²) in [6.45, 7) is 3.39. The molecular formula is C17H14FN3O. The van der Waals surface area contributed by atoms with Crippen LogP contribution >= 0.6 is 0 Å². The first-order valence-corrected chi connectivity index (χ1v) is 6.86. The second-order valence-electron chi connectivity index (χ2n) is 5.01. The highest BCUT2D eigenvalue weighted by Crippen LogP contribution is 2.25. The molecule has 0 saturated carbocycles. The highest BCUT2D eigenvalue weighted by atomic mass is 19.1. The molecule has 0 fully saturated rings. The molecule has 0 bridgehead atoms. The van der Waals surface area contributed by atoms with E-state index in [1.165, 1.54) is 23.7 Å². The fourth-order valence-corrected chi connectivity index (χ4v) is 2.25. The molecule has 3 aromatic rings. The normalized spacial score (nSPS) is 10.7. The van der Waals surface area contributed by atoms with Gasteiger partial charge in [0.25, 0.3) is 0 Å². The Morgan fingerprint density at radius 3 is 2.41 bits per heavy atom. The molecule has 0 radical (unpaired) electrons. The average Bonchev–Trinajstić information content (AvgIpc) is 2.93. The zero-order chi connectivity index (χ0) is 15.7. The molecule has 1 aromatic heterocycles. The second-order valence-corrected chi connectivity index (χ2v) is 5.01. The van der Waals surface area contributed by atoms with Gasteiger partial charge in [-0.25, -0.2) is 9.37 Å².